The van der Waals surface area contributed by atoms with Crippen molar-refractivity contribution in [3.63, 3.8) is 0 Å². The third kappa shape index (κ3) is 3.83. The molecule has 7 heteroatoms. The van der Waals surface area contributed by atoms with E-state index in [1.807, 2.05) is 0 Å². The molecule has 0 heterocycles. The van der Waals surface area contributed by atoms with E-state index in [0.29, 0.717) is 15.7 Å². The standard InChI is InChI=1S/C14H12BrNO4S/c1-21(19,20)11-5-3-10(4-6-11)16-14(18)9-2-7-12(15)13(17)8-9/h2-8,17H,1H3,(H,16,18). The molecule has 21 heavy (non-hydrogen) atoms. The highest BCUT2D eigenvalue weighted by Crippen LogP contribution is 2.24. The average Bonchev–Trinajstić information content (AvgIpc) is 2.41. The first-order valence-electron chi connectivity index (χ1n) is 5.87. The second-order valence-corrected chi connectivity index (χ2v) is 7.29. The lowest BCUT2D eigenvalue weighted by Gasteiger charge is -2.07. The summed E-state index contributed by atoms with van der Waals surface area (Å²) >= 11 is 3.13. The number of halogens is 1. The highest BCUT2D eigenvalue weighted by atomic mass is 79.9. The van der Waals surface area contributed by atoms with Gasteiger partial charge in [0, 0.05) is 17.5 Å². The molecule has 0 unspecified atom stereocenters. The van der Waals surface area contributed by atoms with E-state index in [-0.39, 0.29) is 10.6 Å². The Hall–Kier alpha value is -1.86. The highest BCUT2D eigenvalue weighted by Gasteiger charge is 2.10. The highest BCUT2D eigenvalue weighted by molar-refractivity contribution is 9.10. The van der Waals surface area contributed by atoms with E-state index < -0.39 is 15.7 Å². The molecule has 0 saturated heterocycles. The predicted octanol–water partition coefficient (Wildman–Crippen LogP) is 2.81. The van der Waals surface area contributed by atoms with Gasteiger partial charge in [-0.15, -0.1) is 0 Å². The second-order valence-electron chi connectivity index (χ2n) is 4.42. The zero-order valence-corrected chi connectivity index (χ0v) is 13.4. The maximum atomic E-state index is 12.0. The monoisotopic (exact) mass is 369 g/mol. The molecule has 2 rings (SSSR count). The molecular weight excluding hydrogens is 358 g/mol. The van der Waals surface area contributed by atoms with Crippen LogP contribution in [0.2, 0.25) is 0 Å². The number of hydrogen-bond donors (Lipinski definition) is 2. The van der Waals surface area contributed by atoms with Gasteiger partial charge in [-0.1, -0.05) is 0 Å². The van der Waals surface area contributed by atoms with Crippen molar-refractivity contribution >= 4 is 37.4 Å². The fourth-order valence-corrected chi connectivity index (χ4v) is 2.52. The molecular formula is C14H12BrNO4S. The summed E-state index contributed by atoms with van der Waals surface area (Å²) in [5.41, 5.74) is 0.762. The van der Waals surface area contributed by atoms with E-state index in [0.717, 1.165) is 6.26 Å². The summed E-state index contributed by atoms with van der Waals surface area (Å²) in [7, 11) is -3.26. The number of anilines is 1. The van der Waals surface area contributed by atoms with Gasteiger partial charge in [0.1, 0.15) is 5.75 Å². The zero-order valence-electron chi connectivity index (χ0n) is 11.0. The summed E-state index contributed by atoms with van der Waals surface area (Å²) in [5.74, 6) is -0.431. The van der Waals surface area contributed by atoms with Crippen molar-refractivity contribution in [2.75, 3.05) is 11.6 Å². The normalized spacial score (nSPS) is 11.1. The van der Waals surface area contributed by atoms with Gasteiger partial charge in [0.05, 0.1) is 9.37 Å². The molecule has 2 N–H and O–H groups in total. The summed E-state index contributed by atoms with van der Waals surface area (Å²) in [6.45, 7) is 0. The van der Waals surface area contributed by atoms with Crippen LogP contribution in [0.4, 0.5) is 5.69 Å². The molecule has 0 saturated carbocycles. The molecule has 0 atom stereocenters. The van der Waals surface area contributed by atoms with Crippen LogP contribution < -0.4 is 5.32 Å². The molecule has 0 aliphatic heterocycles. The Morgan fingerprint density at radius 2 is 1.76 bits per heavy atom. The third-order valence-electron chi connectivity index (χ3n) is 2.75. The second kappa shape index (κ2) is 5.87. The first kappa shape index (κ1) is 15.5. The zero-order chi connectivity index (χ0) is 15.6. The Bertz CT molecular complexity index is 785. The van der Waals surface area contributed by atoms with Crippen molar-refractivity contribution in [2.24, 2.45) is 0 Å². The van der Waals surface area contributed by atoms with Crippen LogP contribution in [0.25, 0.3) is 0 Å². The fraction of sp³-hybridized carbons (Fsp3) is 0.0714. The minimum atomic E-state index is -3.26. The molecule has 0 radical (unpaired) electrons. The first-order chi connectivity index (χ1) is 9.77. The van der Waals surface area contributed by atoms with Crippen molar-refractivity contribution < 1.29 is 18.3 Å². The van der Waals surface area contributed by atoms with E-state index in [1.54, 1.807) is 12.1 Å². The number of nitrogens with one attached hydrogen (secondary N) is 1. The molecule has 5 nitrogen and oxygen atoms in total. The van der Waals surface area contributed by atoms with Gasteiger partial charge in [0.15, 0.2) is 9.84 Å². The molecule has 2 aromatic rings. The van der Waals surface area contributed by atoms with Crippen molar-refractivity contribution in [1.82, 2.24) is 0 Å². The topological polar surface area (TPSA) is 83.5 Å². The van der Waals surface area contributed by atoms with E-state index in [4.69, 9.17) is 0 Å². The number of phenols is 1. The van der Waals surface area contributed by atoms with Gasteiger partial charge in [0.2, 0.25) is 0 Å². The number of rotatable bonds is 3. The summed E-state index contributed by atoms with van der Waals surface area (Å²) in [6.07, 6.45) is 1.12. The SMILES string of the molecule is CS(=O)(=O)c1ccc(NC(=O)c2ccc(Br)c(O)c2)cc1. The van der Waals surface area contributed by atoms with Crippen molar-refractivity contribution in [2.45, 2.75) is 4.90 Å². The van der Waals surface area contributed by atoms with Gasteiger partial charge >= 0.3 is 0 Å². The first-order valence-corrected chi connectivity index (χ1v) is 8.56. The van der Waals surface area contributed by atoms with Gasteiger partial charge in [-0.3, -0.25) is 4.79 Å². The van der Waals surface area contributed by atoms with Gasteiger partial charge in [-0.2, -0.15) is 0 Å². The Balaban J connectivity index is 2.18. The number of amides is 1. The largest absolute Gasteiger partial charge is 0.507 e. The number of carbonyl (C=O) groups is 1. The Labute approximate surface area is 130 Å². The predicted molar refractivity (Wildman–Crippen MR) is 83.3 cm³/mol. The Morgan fingerprint density at radius 3 is 2.29 bits per heavy atom. The number of sulfone groups is 1. The van der Waals surface area contributed by atoms with E-state index in [2.05, 4.69) is 21.2 Å². The maximum absolute atomic E-state index is 12.0. The summed E-state index contributed by atoms with van der Waals surface area (Å²) in [5, 5.41) is 12.2. The number of benzene rings is 2. The smallest absolute Gasteiger partial charge is 0.255 e. The lowest BCUT2D eigenvalue weighted by atomic mass is 10.2. The van der Waals surface area contributed by atoms with Crippen molar-refractivity contribution in [3.05, 3.63) is 52.5 Å². The van der Waals surface area contributed by atoms with Crippen LogP contribution in [0.3, 0.4) is 0 Å². The van der Waals surface area contributed by atoms with Crippen molar-refractivity contribution in [3.8, 4) is 5.75 Å². The summed E-state index contributed by atoms with van der Waals surface area (Å²) < 4.78 is 23.2. The van der Waals surface area contributed by atoms with E-state index in [1.165, 1.54) is 30.3 Å². The lowest BCUT2D eigenvalue weighted by molar-refractivity contribution is 0.102. The third-order valence-corrected chi connectivity index (χ3v) is 4.55. The maximum Gasteiger partial charge on any atom is 0.255 e. The molecule has 1 amide bonds. The number of carbonyl (C=O) groups excluding carboxylic acids is 1. The van der Waals surface area contributed by atoms with Crippen LogP contribution in [0.15, 0.2) is 51.8 Å². The van der Waals surface area contributed by atoms with Crippen molar-refractivity contribution in [1.29, 1.82) is 0 Å². The van der Waals surface area contributed by atoms with E-state index >= 15 is 0 Å². The molecule has 0 aromatic heterocycles. The average molecular weight is 370 g/mol. The molecule has 110 valence electrons. The molecule has 2 aromatic carbocycles. The van der Waals surface area contributed by atoms with Crippen LogP contribution in [-0.4, -0.2) is 25.7 Å². The lowest BCUT2D eigenvalue weighted by Crippen LogP contribution is -2.11. The van der Waals surface area contributed by atoms with Crippen LogP contribution in [-0.2, 0) is 9.84 Å². The molecule has 0 fully saturated rings. The minimum Gasteiger partial charge on any atom is -0.507 e. The van der Waals surface area contributed by atoms with Crippen LogP contribution in [0.1, 0.15) is 10.4 Å². The van der Waals surface area contributed by atoms with Gasteiger partial charge in [-0.05, 0) is 58.4 Å². The Morgan fingerprint density at radius 1 is 1.14 bits per heavy atom. The van der Waals surface area contributed by atoms with Gasteiger partial charge in [0.25, 0.3) is 5.91 Å². The van der Waals surface area contributed by atoms with Crippen LogP contribution >= 0.6 is 15.9 Å². The minimum absolute atomic E-state index is 0.0323. The summed E-state index contributed by atoms with van der Waals surface area (Å²) in [6, 6.07) is 10.3. The molecule has 0 aliphatic rings. The van der Waals surface area contributed by atoms with E-state index in [9.17, 15) is 18.3 Å². The molecule has 0 bridgehead atoms. The molecule has 0 spiro atoms. The van der Waals surface area contributed by atoms with Crippen LogP contribution in [0.5, 0.6) is 5.75 Å². The summed E-state index contributed by atoms with van der Waals surface area (Å²) in [4.78, 5) is 12.2. The Kier molecular flexibility index (Phi) is 4.34. The fourth-order valence-electron chi connectivity index (χ4n) is 1.64. The quantitative estimate of drug-likeness (QED) is 0.870. The molecule has 0 aliphatic carbocycles. The van der Waals surface area contributed by atoms with Gasteiger partial charge < -0.3 is 10.4 Å². The van der Waals surface area contributed by atoms with Crippen LogP contribution in [0, 0.1) is 0 Å². The number of hydrogen-bond acceptors (Lipinski definition) is 4. The van der Waals surface area contributed by atoms with Gasteiger partial charge in [-0.25, -0.2) is 8.42 Å². The number of phenolic OH excluding ortho intramolecular Hbond substituents is 1. The number of aromatic hydroxyl groups is 1.